The zero-order valence-corrected chi connectivity index (χ0v) is 15.7. The Bertz CT molecular complexity index is 1110. The van der Waals surface area contributed by atoms with E-state index in [2.05, 4.69) is 0 Å². The fourth-order valence-corrected chi connectivity index (χ4v) is 2.86. The molecule has 3 rings (SSSR count). The summed E-state index contributed by atoms with van der Waals surface area (Å²) in [5.74, 6) is -1.11. The molecule has 7 nitrogen and oxygen atoms in total. The number of carbonyl (C=O) groups is 2. The van der Waals surface area contributed by atoms with Crippen LogP contribution < -0.4 is 21.0 Å². The molecule has 0 aliphatic rings. The molecule has 0 radical (unpaired) electrons. The van der Waals surface area contributed by atoms with Gasteiger partial charge < -0.3 is 19.8 Å². The first kappa shape index (κ1) is 20.1. The first-order valence-electron chi connectivity index (χ1n) is 8.85. The minimum absolute atomic E-state index is 0.0367. The van der Waals surface area contributed by atoms with E-state index in [0.717, 1.165) is 10.9 Å². The van der Waals surface area contributed by atoms with Crippen molar-refractivity contribution < 1.29 is 23.1 Å². The van der Waals surface area contributed by atoms with Crippen molar-refractivity contribution in [3.8, 4) is 5.75 Å². The van der Waals surface area contributed by atoms with Gasteiger partial charge in [-0.1, -0.05) is 0 Å². The molecule has 1 aromatic heterocycles. The summed E-state index contributed by atoms with van der Waals surface area (Å²) in [7, 11) is 0. The third-order valence-electron chi connectivity index (χ3n) is 4.31. The van der Waals surface area contributed by atoms with E-state index in [9.17, 15) is 18.8 Å². The van der Waals surface area contributed by atoms with Gasteiger partial charge in [-0.05, 0) is 48.9 Å². The summed E-state index contributed by atoms with van der Waals surface area (Å²) in [6.07, 6.45) is -0.0521. The number of fused-ring (bicyclic) bond motifs is 1. The topological polar surface area (TPSA) is 103 Å². The maximum Gasteiger partial charge on any atom is 0.336 e. The van der Waals surface area contributed by atoms with E-state index >= 15 is 0 Å². The predicted octanol–water partition coefficient (Wildman–Crippen LogP) is 2.53. The number of nitrogens with zero attached hydrogens (tertiary/aromatic N) is 1. The molecule has 0 spiro atoms. The number of rotatable bonds is 7. The van der Waals surface area contributed by atoms with Gasteiger partial charge >= 0.3 is 5.63 Å². The highest BCUT2D eigenvalue weighted by atomic mass is 19.1. The third-order valence-corrected chi connectivity index (χ3v) is 4.31. The van der Waals surface area contributed by atoms with Gasteiger partial charge in [0.05, 0.1) is 0 Å². The molecule has 0 atom stereocenters. The third kappa shape index (κ3) is 4.98. The second kappa shape index (κ2) is 8.55. The molecule has 150 valence electrons. The van der Waals surface area contributed by atoms with Crippen molar-refractivity contribution in [2.24, 2.45) is 5.73 Å². The van der Waals surface area contributed by atoms with Crippen molar-refractivity contribution in [3.05, 3.63) is 70.3 Å². The van der Waals surface area contributed by atoms with Gasteiger partial charge in [-0.3, -0.25) is 9.59 Å². The number of carbonyl (C=O) groups excluding carboxylic acids is 2. The summed E-state index contributed by atoms with van der Waals surface area (Å²) in [6.45, 7) is 1.50. The van der Waals surface area contributed by atoms with Crippen LogP contribution in [-0.2, 0) is 9.59 Å². The average molecular weight is 398 g/mol. The van der Waals surface area contributed by atoms with Crippen LogP contribution in [0.2, 0.25) is 0 Å². The Hall–Kier alpha value is -3.68. The monoisotopic (exact) mass is 398 g/mol. The highest BCUT2D eigenvalue weighted by Gasteiger charge is 2.18. The largest absolute Gasteiger partial charge is 0.484 e. The van der Waals surface area contributed by atoms with Gasteiger partial charge in [0.15, 0.2) is 6.61 Å². The number of benzene rings is 2. The van der Waals surface area contributed by atoms with Gasteiger partial charge in [0.25, 0.3) is 5.91 Å². The number of ether oxygens (including phenoxy) is 1. The molecule has 29 heavy (non-hydrogen) atoms. The highest BCUT2D eigenvalue weighted by molar-refractivity contribution is 5.95. The van der Waals surface area contributed by atoms with Crippen molar-refractivity contribution in [3.63, 3.8) is 0 Å². The van der Waals surface area contributed by atoms with E-state index in [1.807, 2.05) is 0 Å². The molecule has 3 aromatic rings. The summed E-state index contributed by atoms with van der Waals surface area (Å²) in [6, 6.07) is 11.6. The maximum atomic E-state index is 13.2. The van der Waals surface area contributed by atoms with E-state index < -0.39 is 23.3 Å². The smallest absolute Gasteiger partial charge is 0.336 e. The molecule has 2 aromatic carbocycles. The quantitative estimate of drug-likeness (QED) is 0.616. The lowest BCUT2D eigenvalue weighted by molar-refractivity contribution is -0.120. The number of nitrogens with two attached hydrogens (primary N) is 1. The molecule has 0 saturated heterocycles. The predicted molar refractivity (Wildman–Crippen MR) is 105 cm³/mol. The Kier molecular flexibility index (Phi) is 5.92. The van der Waals surface area contributed by atoms with Crippen LogP contribution in [0.3, 0.4) is 0 Å². The lowest BCUT2D eigenvalue weighted by Gasteiger charge is -2.22. The van der Waals surface area contributed by atoms with E-state index in [0.29, 0.717) is 17.0 Å². The average Bonchev–Trinajstić information content (AvgIpc) is 2.67. The molecule has 2 amide bonds. The lowest BCUT2D eigenvalue weighted by atomic mass is 10.1. The van der Waals surface area contributed by atoms with Gasteiger partial charge in [-0.15, -0.1) is 0 Å². The minimum Gasteiger partial charge on any atom is -0.484 e. The van der Waals surface area contributed by atoms with Crippen LogP contribution >= 0.6 is 0 Å². The Morgan fingerprint density at radius 1 is 1.14 bits per heavy atom. The summed E-state index contributed by atoms with van der Waals surface area (Å²) >= 11 is 0. The molecule has 1 heterocycles. The molecule has 2 N–H and O–H groups in total. The number of anilines is 1. The van der Waals surface area contributed by atoms with Crippen molar-refractivity contribution in [2.45, 2.75) is 13.3 Å². The summed E-state index contributed by atoms with van der Waals surface area (Å²) in [4.78, 5) is 36.6. The molecular formula is C21H19FN2O5. The molecular weight excluding hydrogens is 379 g/mol. The summed E-state index contributed by atoms with van der Waals surface area (Å²) in [5.41, 5.74) is 6.25. The van der Waals surface area contributed by atoms with E-state index in [1.54, 1.807) is 19.1 Å². The highest BCUT2D eigenvalue weighted by Crippen LogP contribution is 2.22. The van der Waals surface area contributed by atoms with E-state index in [1.165, 1.54) is 41.3 Å². The zero-order chi connectivity index (χ0) is 21.0. The van der Waals surface area contributed by atoms with Crippen LogP contribution in [0.15, 0.2) is 57.7 Å². The molecule has 0 bridgehead atoms. The van der Waals surface area contributed by atoms with Crippen LogP contribution in [0.4, 0.5) is 10.1 Å². The van der Waals surface area contributed by atoms with Gasteiger partial charge in [-0.2, -0.15) is 0 Å². The first-order valence-corrected chi connectivity index (χ1v) is 8.85. The number of halogens is 1. The van der Waals surface area contributed by atoms with E-state index in [4.69, 9.17) is 14.9 Å². The summed E-state index contributed by atoms with van der Waals surface area (Å²) in [5, 5.41) is 0.762. The number of amides is 2. The molecule has 8 heteroatoms. The van der Waals surface area contributed by atoms with Gasteiger partial charge in [-0.25, -0.2) is 9.18 Å². The first-order chi connectivity index (χ1) is 13.8. The standard InChI is InChI=1S/C21H19FN2O5/c1-13-10-21(27)29-18-11-16(6-7-17(13)18)28-12-20(26)24(9-8-19(23)25)15-4-2-14(22)3-5-15/h2-7,10-11H,8-9,12H2,1H3,(H2,23,25). The second-order valence-electron chi connectivity index (χ2n) is 6.43. The number of hydrogen-bond acceptors (Lipinski definition) is 5. The SMILES string of the molecule is Cc1cc(=O)oc2cc(OCC(=O)N(CCC(N)=O)c3ccc(F)cc3)ccc12. The van der Waals surface area contributed by atoms with Gasteiger partial charge in [0.1, 0.15) is 17.1 Å². The molecule has 0 unspecified atom stereocenters. The molecule has 0 aliphatic carbocycles. The van der Waals surface area contributed by atoms with Crippen LogP contribution in [0.1, 0.15) is 12.0 Å². The Morgan fingerprint density at radius 2 is 1.86 bits per heavy atom. The number of hydrogen-bond donors (Lipinski definition) is 1. The normalized spacial score (nSPS) is 10.7. The van der Waals surface area contributed by atoms with Crippen LogP contribution in [0.25, 0.3) is 11.0 Å². The number of primary amides is 1. The second-order valence-corrected chi connectivity index (χ2v) is 6.43. The Morgan fingerprint density at radius 3 is 2.55 bits per heavy atom. The Balaban J connectivity index is 1.77. The number of aryl methyl sites for hydroxylation is 1. The minimum atomic E-state index is -0.564. The van der Waals surface area contributed by atoms with Gasteiger partial charge in [0.2, 0.25) is 5.91 Å². The fourth-order valence-electron chi connectivity index (χ4n) is 2.86. The molecule has 0 saturated carbocycles. The fraction of sp³-hybridized carbons (Fsp3) is 0.190. The molecule has 0 aliphatic heterocycles. The Labute approximate surface area is 165 Å². The van der Waals surface area contributed by atoms with Crippen molar-refractivity contribution in [1.82, 2.24) is 0 Å². The molecule has 0 fully saturated rings. The zero-order valence-electron chi connectivity index (χ0n) is 15.7. The maximum absolute atomic E-state index is 13.2. The van der Waals surface area contributed by atoms with Crippen molar-refractivity contribution in [2.75, 3.05) is 18.1 Å². The van der Waals surface area contributed by atoms with Gasteiger partial charge in [0, 0.05) is 36.2 Å². The van der Waals surface area contributed by atoms with Crippen LogP contribution in [0, 0.1) is 12.7 Å². The van der Waals surface area contributed by atoms with Crippen molar-refractivity contribution >= 4 is 28.5 Å². The van der Waals surface area contributed by atoms with Crippen LogP contribution in [0.5, 0.6) is 5.75 Å². The van der Waals surface area contributed by atoms with Crippen molar-refractivity contribution in [1.29, 1.82) is 0 Å². The van der Waals surface area contributed by atoms with E-state index in [-0.39, 0.29) is 19.6 Å². The van der Waals surface area contributed by atoms with Crippen LogP contribution in [-0.4, -0.2) is 25.0 Å². The summed E-state index contributed by atoms with van der Waals surface area (Å²) < 4.78 is 23.9. The lowest BCUT2D eigenvalue weighted by Crippen LogP contribution is -2.37.